The van der Waals surface area contributed by atoms with Gasteiger partial charge in [0, 0.05) is 22.4 Å². The molecule has 0 saturated carbocycles. The summed E-state index contributed by atoms with van der Waals surface area (Å²) in [5.41, 5.74) is 2.52. The van der Waals surface area contributed by atoms with Gasteiger partial charge in [-0.05, 0) is 59.3 Å². The van der Waals surface area contributed by atoms with E-state index in [0.29, 0.717) is 33.9 Å². The van der Waals surface area contributed by atoms with Crippen LogP contribution in [0.2, 0.25) is 0 Å². The highest BCUT2D eigenvalue weighted by atomic mass is 19.1. The quantitative estimate of drug-likeness (QED) is 0.202. The third-order valence-corrected chi connectivity index (χ3v) is 7.16. The second kappa shape index (κ2) is 12.2. The molecule has 2 heterocycles. The Labute approximate surface area is 255 Å². The molecule has 0 bridgehead atoms. The number of aromatic amines is 1. The number of ketones is 1. The minimum absolute atomic E-state index is 0.0176. The maximum atomic E-state index is 15.2. The van der Waals surface area contributed by atoms with E-state index in [4.69, 9.17) is 0 Å². The molecule has 0 aliphatic carbocycles. The van der Waals surface area contributed by atoms with E-state index in [-0.39, 0.29) is 22.6 Å². The number of phenolic OH excluding ortho intramolecular Hbond substituents is 1. The van der Waals surface area contributed by atoms with Crippen LogP contribution in [0.15, 0.2) is 96.0 Å². The lowest BCUT2D eigenvalue weighted by atomic mass is 9.97. The number of aromatic nitrogens is 4. The Hall–Kier alpha value is -6.24. The lowest BCUT2D eigenvalue weighted by Crippen LogP contribution is -2.50. The number of H-pyrrole nitrogens is 1. The Balaban J connectivity index is 1.39. The lowest BCUT2D eigenvalue weighted by molar-refractivity contribution is -0.120. The number of aromatic hydroxyl groups is 1. The fraction of sp³-hybridized carbons (Fsp3) is 0.0938. The largest absolute Gasteiger partial charge is 0.507 e. The number of aliphatic imine (C=N–C) groups is 1. The topological polar surface area (TPSA) is 166 Å². The molecule has 1 aliphatic heterocycles. The molecule has 224 valence electrons. The van der Waals surface area contributed by atoms with Crippen LogP contribution in [0.4, 0.5) is 20.6 Å². The maximum Gasteiger partial charge on any atom is 0.321 e. The van der Waals surface area contributed by atoms with E-state index in [2.05, 4.69) is 36.3 Å². The Bertz CT molecular complexity index is 1960. The predicted octanol–water partition coefficient (Wildman–Crippen LogP) is 4.23. The SMILES string of the molecule is Cc1cccc2c1N(CC(=O)c1ccccc1O)C(=O)C(NC(=O)Nc1cccc(-c3nnn[nH]3)c1)N=C2c1ccccc1F. The number of rotatable bonds is 7. The minimum Gasteiger partial charge on any atom is -0.507 e. The molecule has 6 rings (SSSR count). The number of carbonyl (C=O) groups excluding carboxylic acids is 3. The number of anilines is 2. The molecule has 1 atom stereocenters. The first-order valence-corrected chi connectivity index (χ1v) is 13.8. The molecule has 12 nitrogen and oxygen atoms in total. The highest BCUT2D eigenvalue weighted by Crippen LogP contribution is 2.33. The van der Waals surface area contributed by atoms with Gasteiger partial charge in [0.2, 0.25) is 6.17 Å². The van der Waals surface area contributed by atoms with Gasteiger partial charge in [0.25, 0.3) is 5.91 Å². The van der Waals surface area contributed by atoms with Crippen molar-refractivity contribution in [2.75, 3.05) is 16.8 Å². The molecule has 5 aromatic rings. The fourth-order valence-electron chi connectivity index (χ4n) is 5.09. The molecule has 0 fully saturated rings. The number of para-hydroxylation sites is 2. The summed E-state index contributed by atoms with van der Waals surface area (Å²) in [6.07, 6.45) is -1.56. The zero-order valence-electron chi connectivity index (χ0n) is 23.7. The van der Waals surface area contributed by atoms with Gasteiger partial charge >= 0.3 is 6.03 Å². The predicted molar refractivity (Wildman–Crippen MR) is 164 cm³/mol. The number of Topliss-reactive ketones (excluding diaryl/α,β-unsaturated/α-hetero) is 1. The van der Waals surface area contributed by atoms with Gasteiger partial charge in [0.05, 0.1) is 23.5 Å². The van der Waals surface area contributed by atoms with E-state index in [0.717, 1.165) is 0 Å². The first kappa shape index (κ1) is 28.9. The summed E-state index contributed by atoms with van der Waals surface area (Å²) >= 11 is 0. The van der Waals surface area contributed by atoms with Crippen LogP contribution >= 0.6 is 0 Å². The normalized spacial score (nSPS) is 14.3. The molecule has 1 aromatic heterocycles. The Morgan fingerprint density at radius 1 is 0.978 bits per heavy atom. The van der Waals surface area contributed by atoms with Crippen LogP contribution in [0.1, 0.15) is 27.0 Å². The number of tetrazole rings is 1. The van der Waals surface area contributed by atoms with Crippen molar-refractivity contribution in [1.29, 1.82) is 0 Å². The number of hydrogen-bond acceptors (Lipinski definition) is 8. The number of hydrogen-bond donors (Lipinski definition) is 4. The van der Waals surface area contributed by atoms with Crippen molar-refractivity contribution in [2.24, 2.45) is 4.99 Å². The smallest absolute Gasteiger partial charge is 0.321 e. The number of benzodiazepines with no additional fused rings is 1. The molecule has 1 unspecified atom stereocenters. The summed E-state index contributed by atoms with van der Waals surface area (Å²) in [6.45, 7) is 1.27. The summed E-state index contributed by atoms with van der Waals surface area (Å²) in [7, 11) is 0. The molecular weight excluding hydrogens is 579 g/mol. The Kier molecular flexibility index (Phi) is 7.80. The highest BCUT2D eigenvalue weighted by Gasteiger charge is 2.36. The van der Waals surface area contributed by atoms with E-state index in [1.165, 1.54) is 35.2 Å². The molecule has 0 radical (unpaired) electrons. The van der Waals surface area contributed by atoms with Crippen molar-refractivity contribution >= 4 is 34.8 Å². The highest BCUT2D eigenvalue weighted by molar-refractivity contribution is 6.22. The molecule has 1 aliphatic rings. The van der Waals surface area contributed by atoms with Crippen molar-refractivity contribution in [3.05, 3.63) is 119 Å². The summed E-state index contributed by atoms with van der Waals surface area (Å²) in [5, 5.41) is 29.2. The van der Waals surface area contributed by atoms with Gasteiger partial charge in [-0.15, -0.1) is 5.10 Å². The van der Waals surface area contributed by atoms with E-state index in [1.807, 2.05) is 0 Å². The van der Waals surface area contributed by atoms with Crippen LogP contribution in [-0.4, -0.2) is 61.9 Å². The fourth-order valence-corrected chi connectivity index (χ4v) is 5.09. The van der Waals surface area contributed by atoms with Crippen molar-refractivity contribution in [1.82, 2.24) is 25.9 Å². The van der Waals surface area contributed by atoms with Crippen LogP contribution in [0.3, 0.4) is 0 Å². The average molecular weight is 605 g/mol. The van der Waals surface area contributed by atoms with Crippen molar-refractivity contribution in [3.63, 3.8) is 0 Å². The van der Waals surface area contributed by atoms with E-state index in [1.54, 1.807) is 67.6 Å². The number of carbonyl (C=O) groups is 3. The summed E-state index contributed by atoms with van der Waals surface area (Å²) in [5.74, 6) is -1.73. The van der Waals surface area contributed by atoms with E-state index >= 15 is 4.39 Å². The second-order valence-electron chi connectivity index (χ2n) is 10.1. The second-order valence-corrected chi connectivity index (χ2v) is 10.1. The van der Waals surface area contributed by atoms with Gasteiger partial charge < -0.3 is 20.6 Å². The van der Waals surface area contributed by atoms with Gasteiger partial charge in [0.1, 0.15) is 11.6 Å². The maximum absolute atomic E-state index is 15.2. The number of halogens is 1. The number of nitrogens with one attached hydrogen (secondary N) is 3. The molecule has 0 spiro atoms. The van der Waals surface area contributed by atoms with Gasteiger partial charge in [-0.1, -0.05) is 54.6 Å². The zero-order valence-corrected chi connectivity index (χ0v) is 23.7. The number of amides is 3. The number of benzene rings is 4. The van der Waals surface area contributed by atoms with Crippen LogP contribution in [0.25, 0.3) is 11.4 Å². The third-order valence-electron chi connectivity index (χ3n) is 7.16. The van der Waals surface area contributed by atoms with Gasteiger partial charge in [-0.3, -0.25) is 9.59 Å². The number of aryl methyl sites for hydroxylation is 1. The first-order chi connectivity index (χ1) is 21.8. The summed E-state index contributed by atoms with van der Waals surface area (Å²) < 4.78 is 15.2. The first-order valence-electron chi connectivity index (χ1n) is 13.8. The standard InChI is InChI=1S/C32H25FN8O4/c1-18-8-6-13-23-27(21-11-2-4-14-24(21)33)35-30(31(44)41(28(18)23)17-26(43)22-12-3-5-15-25(22)42)36-32(45)34-20-10-7-9-19(16-20)29-37-39-40-38-29/h2-16,30,42H,17H2,1H3,(H2,34,36,45)(H,37,38,39,40). The number of nitrogens with zero attached hydrogens (tertiary/aromatic N) is 5. The molecule has 0 saturated heterocycles. The molecule has 4 aromatic carbocycles. The van der Waals surface area contributed by atoms with Crippen LogP contribution in [-0.2, 0) is 4.79 Å². The molecule has 45 heavy (non-hydrogen) atoms. The number of phenols is 1. The number of fused-ring (bicyclic) bond motifs is 1. The van der Waals surface area contributed by atoms with Gasteiger partial charge in [-0.2, -0.15) is 0 Å². The Morgan fingerprint density at radius 2 is 1.73 bits per heavy atom. The van der Waals surface area contributed by atoms with Crippen molar-refractivity contribution in [2.45, 2.75) is 13.1 Å². The van der Waals surface area contributed by atoms with Crippen molar-refractivity contribution < 1.29 is 23.9 Å². The lowest BCUT2D eigenvalue weighted by Gasteiger charge is -2.26. The van der Waals surface area contributed by atoms with E-state index in [9.17, 15) is 19.5 Å². The van der Waals surface area contributed by atoms with Crippen LogP contribution < -0.4 is 15.5 Å². The molecule has 3 amide bonds. The number of urea groups is 1. The zero-order chi connectivity index (χ0) is 31.5. The van der Waals surface area contributed by atoms with Crippen LogP contribution in [0, 0.1) is 12.7 Å². The summed E-state index contributed by atoms with van der Waals surface area (Å²) in [6, 6.07) is 23.0. The van der Waals surface area contributed by atoms with Gasteiger partial charge in [0.15, 0.2) is 11.6 Å². The Morgan fingerprint density at radius 3 is 2.51 bits per heavy atom. The summed E-state index contributed by atoms with van der Waals surface area (Å²) in [4.78, 5) is 46.7. The van der Waals surface area contributed by atoms with Crippen molar-refractivity contribution in [3.8, 4) is 17.1 Å². The third kappa shape index (κ3) is 5.86. The minimum atomic E-state index is -1.56. The average Bonchev–Trinajstić information content (AvgIpc) is 3.55. The van der Waals surface area contributed by atoms with Crippen LogP contribution in [0.5, 0.6) is 5.75 Å². The molecular formula is C32H25FN8O4. The molecule has 4 N–H and O–H groups in total. The monoisotopic (exact) mass is 604 g/mol. The van der Waals surface area contributed by atoms with Gasteiger partial charge in [-0.25, -0.2) is 19.3 Å². The molecule has 13 heteroatoms. The van der Waals surface area contributed by atoms with E-state index < -0.39 is 36.2 Å².